The zero-order valence-electron chi connectivity index (χ0n) is 12.0. The van der Waals surface area contributed by atoms with Crippen molar-refractivity contribution in [1.82, 2.24) is 9.97 Å². The van der Waals surface area contributed by atoms with Crippen LogP contribution < -0.4 is 20.1 Å². The van der Waals surface area contributed by atoms with Crippen LogP contribution in [0.2, 0.25) is 0 Å². The Balaban J connectivity index is 2.31. The van der Waals surface area contributed by atoms with Crippen molar-refractivity contribution < 1.29 is 9.47 Å². The quantitative estimate of drug-likeness (QED) is 0.873. The normalized spacial score (nSPS) is 10.0. The lowest BCUT2D eigenvalue weighted by Crippen LogP contribution is -2.01. The molecule has 0 radical (unpaired) electrons. The summed E-state index contributed by atoms with van der Waals surface area (Å²) in [5.41, 5.74) is 0.835. The van der Waals surface area contributed by atoms with Crippen LogP contribution in [0.25, 0.3) is 0 Å². The fourth-order valence-electron chi connectivity index (χ4n) is 1.79. The van der Waals surface area contributed by atoms with E-state index in [1.54, 1.807) is 14.2 Å². The van der Waals surface area contributed by atoms with E-state index in [0.717, 1.165) is 11.5 Å². The Morgan fingerprint density at radius 2 is 1.50 bits per heavy atom. The monoisotopic (exact) mass is 274 g/mol. The fraction of sp³-hybridized carbons (Fsp3) is 0.286. The Bertz CT molecular complexity index is 579. The minimum atomic E-state index is 0.689. The van der Waals surface area contributed by atoms with Crippen molar-refractivity contribution in [3.8, 4) is 11.5 Å². The molecule has 0 aliphatic rings. The molecule has 2 N–H and O–H groups in total. The molecule has 2 rings (SSSR count). The Labute approximate surface area is 118 Å². The third-order valence-corrected chi connectivity index (χ3v) is 2.72. The molecule has 0 amide bonds. The standard InChI is InChI=1S/C14H18N4O2/c1-9-16-13(15-2)8-14(17-9)18-10-5-11(19-3)7-12(6-10)20-4/h5-8H,1-4H3,(H2,15,16,17,18). The van der Waals surface area contributed by atoms with Gasteiger partial charge < -0.3 is 20.1 Å². The second-order valence-electron chi connectivity index (χ2n) is 4.16. The number of benzene rings is 1. The predicted molar refractivity (Wildman–Crippen MR) is 79.1 cm³/mol. The van der Waals surface area contributed by atoms with Crippen molar-refractivity contribution in [2.45, 2.75) is 6.92 Å². The van der Waals surface area contributed by atoms with Gasteiger partial charge in [-0.2, -0.15) is 0 Å². The van der Waals surface area contributed by atoms with E-state index in [9.17, 15) is 0 Å². The maximum atomic E-state index is 5.24. The summed E-state index contributed by atoms with van der Waals surface area (Å²) < 4.78 is 10.5. The highest BCUT2D eigenvalue weighted by Gasteiger charge is 2.05. The molecular formula is C14H18N4O2. The van der Waals surface area contributed by atoms with Gasteiger partial charge in [-0.15, -0.1) is 0 Å². The molecule has 1 heterocycles. The smallest absolute Gasteiger partial charge is 0.136 e. The van der Waals surface area contributed by atoms with E-state index in [1.807, 2.05) is 38.2 Å². The number of aromatic nitrogens is 2. The molecule has 0 saturated carbocycles. The highest BCUT2D eigenvalue weighted by Crippen LogP contribution is 2.27. The van der Waals surface area contributed by atoms with Crippen LogP contribution in [0.4, 0.5) is 17.3 Å². The topological polar surface area (TPSA) is 68.3 Å². The zero-order valence-corrected chi connectivity index (χ0v) is 12.0. The SMILES string of the molecule is CNc1cc(Nc2cc(OC)cc(OC)c2)nc(C)n1. The Morgan fingerprint density at radius 3 is 2.05 bits per heavy atom. The first-order chi connectivity index (χ1) is 9.64. The molecule has 6 heteroatoms. The molecule has 0 spiro atoms. The van der Waals surface area contributed by atoms with Crippen molar-refractivity contribution >= 4 is 17.3 Å². The first-order valence-corrected chi connectivity index (χ1v) is 6.18. The number of anilines is 3. The van der Waals surface area contributed by atoms with Gasteiger partial charge in [0.2, 0.25) is 0 Å². The third-order valence-electron chi connectivity index (χ3n) is 2.72. The van der Waals surface area contributed by atoms with Crippen molar-refractivity contribution in [1.29, 1.82) is 0 Å². The van der Waals surface area contributed by atoms with Crippen LogP contribution in [0.3, 0.4) is 0 Å². The average molecular weight is 274 g/mol. The highest BCUT2D eigenvalue weighted by atomic mass is 16.5. The van der Waals surface area contributed by atoms with Crippen molar-refractivity contribution in [2.75, 3.05) is 31.9 Å². The van der Waals surface area contributed by atoms with E-state index in [-0.39, 0.29) is 0 Å². The summed E-state index contributed by atoms with van der Waals surface area (Å²) in [6, 6.07) is 7.40. The summed E-state index contributed by atoms with van der Waals surface area (Å²) in [5.74, 6) is 3.58. The summed E-state index contributed by atoms with van der Waals surface area (Å²) in [4.78, 5) is 8.59. The Hall–Kier alpha value is -2.50. The van der Waals surface area contributed by atoms with E-state index in [0.29, 0.717) is 23.1 Å². The van der Waals surface area contributed by atoms with Crippen LogP contribution in [0.1, 0.15) is 5.82 Å². The molecule has 0 aliphatic carbocycles. The molecule has 0 saturated heterocycles. The number of ether oxygens (including phenoxy) is 2. The Kier molecular flexibility index (Phi) is 4.24. The summed E-state index contributed by atoms with van der Waals surface area (Å²) in [5, 5.41) is 6.22. The lowest BCUT2D eigenvalue weighted by atomic mass is 10.2. The molecule has 1 aromatic carbocycles. The van der Waals surface area contributed by atoms with Gasteiger partial charge in [0, 0.05) is 37.0 Å². The maximum Gasteiger partial charge on any atom is 0.136 e. The van der Waals surface area contributed by atoms with Gasteiger partial charge in [0.05, 0.1) is 14.2 Å². The number of hydrogen-bond acceptors (Lipinski definition) is 6. The molecular weight excluding hydrogens is 256 g/mol. The largest absolute Gasteiger partial charge is 0.497 e. The van der Waals surface area contributed by atoms with Crippen LogP contribution in [0.15, 0.2) is 24.3 Å². The van der Waals surface area contributed by atoms with E-state index in [2.05, 4.69) is 20.6 Å². The minimum absolute atomic E-state index is 0.689. The first kappa shape index (κ1) is 13.9. The number of nitrogens with one attached hydrogen (secondary N) is 2. The highest BCUT2D eigenvalue weighted by molar-refractivity contribution is 5.63. The van der Waals surface area contributed by atoms with Crippen LogP contribution in [-0.2, 0) is 0 Å². The predicted octanol–water partition coefficient (Wildman–Crippen LogP) is 2.59. The number of hydrogen-bond donors (Lipinski definition) is 2. The number of rotatable bonds is 5. The van der Waals surface area contributed by atoms with Gasteiger partial charge in [0.15, 0.2) is 0 Å². The van der Waals surface area contributed by atoms with E-state index >= 15 is 0 Å². The fourth-order valence-corrected chi connectivity index (χ4v) is 1.79. The lowest BCUT2D eigenvalue weighted by Gasteiger charge is -2.11. The molecule has 106 valence electrons. The van der Waals surface area contributed by atoms with Gasteiger partial charge in [-0.3, -0.25) is 0 Å². The van der Waals surface area contributed by atoms with Gasteiger partial charge in [-0.1, -0.05) is 0 Å². The van der Waals surface area contributed by atoms with Crippen LogP contribution in [-0.4, -0.2) is 31.2 Å². The molecule has 2 aromatic rings. The van der Waals surface area contributed by atoms with Crippen LogP contribution >= 0.6 is 0 Å². The minimum Gasteiger partial charge on any atom is -0.497 e. The van der Waals surface area contributed by atoms with Crippen LogP contribution in [0.5, 0.6) is 11.5 Å². The van der Waals surface area contributed by atoms with Crippen molar-refractivity contribution in [3.05, 3.63) is 30.1 Å². The number of methoxy groups -OCH3 is 2. The van der Waals surface area contributed by atoms with Gasteiger partial charge in [-0.25, -0.2) is 9.97 Å². The third kappa shape index (κ3) is 3.28. The molecule has 0 bridgehead atoms. The molecule has 0 aliphatic heterocycles. The van der Waals surface area contributed by atoms with Crippen molar-refractivity contribution in [2.24, 2.45) is 0 Å². The van der Waals surface area contributed by atoms with E-state index in [1.165, 1.54) is 0 Å². The number of aryl methyl sites for hydroxylation is 1. The summed E-state index contributed by atoms with van der Waals surface area (Å²) in [7, 11) is 5.05. The maximum absolute atomic E-state index is 5.24. The molecule has 6 nitrogen and oxygen atoms in total. The first-order valence-electron chi connectivity index (χ1n) is 6.18. The van der Waals surface area contributed by atoms with Gasteiger partial charge >= 0.3 is 0 Å². The van der Waals surface area contributed by atoms with Gasteiger partial charge in [-0.05, 0) is 6.92 Å². The molecule has 0 unspecified atom stereocenters. The molecule has 0 fully saturated rings. The molecule has 20 heavy (non-hydrogen) atoms. The molecule has 1 aromatic heterocycles. The Morgan fingerprint density at radius 1 is 0.900 bits per heavy atom. The lowest BCUT2D eigenvalue weighted by molar-refractivity contribution is 0.395. The second kappa shape index (κ2) is 6.10. The van der Waals surface area contributed by atoms with Crippen molar-refractivity contribution in [3.63, 3.8) is 0 Å². The van der Waals surface area contributed by atoms with E-state index < -0.39 is 0 Å². The van der Waals surface area contributed by atoms with Gasteiger partial charge in [0.1, 0.15) is 29.0 Å². The van der Waals surface area contributed by atoms with Gasteiger partial charge in [0.25, 0.3) is 0 Å². The average Bonchev–Trinajstić information content (AvgIpc) is 2.46. The summed E-state index contributed by atoms with van der Waals surface area (Å²) in [6.07, 6.45) is 0. The summed E-state index contributed by atoms with van der Waals surface area (Å²) in [6.45, 7) is 1.85. The van der Waals surface area contributed by atoms with E-state index in [4.69, 9.17) is 9.47 Å². The number of nitrogens with zero attached hydrogens (tertiary/aromatic N) is 2. The summed E-state index contributed by atoms with van der Waals surface area (Å²) >= 11 is 0. The zero-order chi connectivity index (χ0) is 14.5. The second-order valence-corrected chi connectivity index (χ2v) is 4.16. The van der Waals surface area contributed by atoms with Crippen LogP contribution in [0, 0.1) is 6.92 Å². The molecule has 0 atom stereocenters.